The third kappa shape index (κ3) is 7.39. The zero-order chi connectivity index (χ0) is 18.1. The minimum atomic E-state index is -0.437. The van der Waals surface area contributed by atoms with Crippen molar-refractivity contribution in [1.29, 1.82) is 0 Å². The summed E-state index contributed by atoms with van der Waals surface area (Å²) in [6.45, 7) is 2.39. The topological polar surface area (TPSA) is 64.6 Å². The van der Waals surface area contributed by atoms with Crippen molar-refractivity contribution in [2.24, 2.45) is 0 Å². The number of hydrogen-bond acceptors (Lipinski definition) is 4. The maximum absolute atomic E-state index is 11.7. The molecular formula is C19H20BrNO4. The second-order valence-corrected chi connectivity index (χ2v) is 6.39. The van der Waals surface area contributed by atoms with Gasteiger partial charge >= 0.3 is 5.97 Å². The van der Waals surface area contributed by atoms with E-state index in [4.69, 9.17) is 9.47 Å². The maximum Gasteiger partial charge on any atom is 0.310 e. The second kappa shape index (κ2) is 9.84. The Labute approximate surface area is 155 Å². The molecular weight excluding hydrogens is 386 g/mol. The maximum atomic E-state index is 11.7. The van der Waals surface area contributed by atoms with Crippen LogP contribution in [0.3, 0.4) is 0 Å². The van der Waals surface area contributed by atoms with E-state index in [-0.39, 0.29) is 18.9 Å². The van der Waals surface area contributed by atoms with E-state index < -0.39 is 5.97 Å². The molecule has 0 aliphatic carbocycles. The van der Waals surface area contributed by atoms with Crippen LogP contribution in [0.25, 0.3) is 0 Å². The summed E-state index contributed by atoms with van der Waals surface area (Å²) in [5.41, 5.74) is 1.94. The lowest BCUT2D eigenvalue weighted by molar-refractivity contribution is -0.147. The highest BCUT2D eigenvalue weighted by atomic mass is 79.9. The molecule has 0 saturated heterocycles. The molecule has 0 unspecified atom stereocenters. The van der Waals surface area contributed by atoms with Gasteiger partial charge in [0.1, 0.15) is 12.4 Å². The van der Waals surface area contributed by atoms with E-state index in [1.54, 1.807) is 0 Å². The van der Waals surface area contributed by atoms with Gasteiger partial charge in [-0.3, -0.25) is 9.59 Å². The van der Waals surface area contributed by atoms with E-state index in [2.05, 4.69) is 21.2 Å². The number of amides is 1. The molecule has 5 nitrogen and oxygen atoms in total. The number of nitrogens with one attached hydrogen (secondary N) is 1. The Balaban J connectivity index is 1.60. The molecule has 2 aromatic rings. The number of rotatable bonds is 8. The third-order valence-corrected chi connectivity index (χ3v) is 3.84. The molecule has 0 aliphatic rings. The van der Waals surface area contributed by atoms with Crippen LogP contribution in [0, 0.1) is 6.92 Å². The largest absolute Gasteiger partial charge is 0.492 e. The van der Waals surface area contributed by atoms with Gasteiger partial charge in [-0.2, -0.15) is 0 Å². The van der Waals surface area contributed by atoms with Crippen LogP contribution in [0.4, 0.5) is 0 Å². The molecule has 6 heteroatoms. The lowest BCUT2D eigenvalue weighted by atomic mass is 10.2. The summed E-state index contributed by atoms with van der Waals surface area (Å²) in [4.78, 5) is 23.4. The number of hydrogen-bond donors (Lipinski definition) is 1. The van der Waals surface area contributed by atoms with Crippen LogP contribution in [0.5, 0.6) is 5.75 Å². The monoisotopic (exact) mass is 405 g/mol. The molecule has 1 N–H and O–H groups in total. The number of ether oxygens (including phenoxy) is 2. The van der Waals surface area contributed by atoms with Crippen LogP contribution < -0.4 is 10.1 Å². The van der Waals surface area contributed by atoms with Gasteiger partial charge in [-0.1, -0.05) is 40.2 Å². The smallest absolute Gasteiger partial charge is 0.310 e. The van der Waals surface area contributed by atoms with Crippen LogP contribution in [0.1, 0.15) is 11.1 Å². The summed E-state index contributed by atoms with van der Waals surface area (Å²) in [5.74, 6) is -0.0272. The Bertz CT molecular complexity index is 716. The summed E-state index contributed by atoms with van der Waals surface area (Å²) in [7, 11) is 0. The van der Waals surface area contributed by atoms with E-state index in [1.807, 2.05) is 55.5 Å². The number of carbonyl (C=O) groups is 2. The molecule has 0 atom stereocenters. The molecule has 0 fully saturated rings. The Hall–Kier alpha value is -2.34. The van der Waals surface area contributed by atoms with Gasteiger partial charge < -0.3 is 14.8 Å². The molecule has 2 aromatic carbocycles. The molecule has 132 valence electrons. The zero-order valence-corrected chi connectivity index (χ0v) is 15.5. The number of esters is 1. The third-order valence-electron chi connectivity index (χ3n) is 3.31. The van der Waals surface area contributed by atoms with Crippen molar-refractivity contribution in [3.8, 4) is 5.75 Å². The van der Waals surface area contributed by atoms with Gasteiger partial charge in [0, 0.05) is 4.47 Å². The van der Waals surface area contributed by atoms with Crippen molar-refractivity contribution in [1.82, 2.24) is 5.32 Å². The summed E-state index contributed by atoms with van der Waals surface area (Å²) >= 11 is 3.33. The Morgan fingerprint density at radius 3 is 2.60 bits per heavy atom. The minimum Gasteiger partial charge on any atom is -0.492 e. The van der Waals surface area contributed by atoms with Gasteiger partial charge in [-0.25, -0.2) is 0 Å². The highest BCUT2D eigenvalue weighted by Gasteiger charge is 2.08. The highest BCUT2D eigenvalue weighted by molar-refractivity contribution is 9.10. The first kappa shape index (κ1) is 19.0. The lowest BCUT2D eigenvalue weighted by Crippen LogP contribution is -2.32. The quantitative estimate of drug-likeness (QED) is 0.541. The molecule has 0 aromatic heterocycles. The Kier molecular flexibility index (Phi) is 7.47. The van der Waals surface area contributed by atoms with Crippen molar-refractivity contribution >= 4 is 27.8 Å². The second-order valence-electron chi connectivity index (χ2n) is 5.48. The Morgan fingerprint density at radius 2 is 1.88 bits per heavy atom. The van der Waals surface area contributed by atoms with Crippen molar-refractivity contribution in [3.63, 3.8) is 0 Å². The van der Waals surface area contributed by atoms with Crippen LogP contribution in [-0.2, 0) is 20.7 Å². The SMILES string of the molecule is Cc1cccc(OCCNC(=O)COC(=O)Cc2ccc(Br)cc2)c1. The zero-order valence-electron chi connectivity index (χ0n) is 14.0. The fraction of sp³-hybridized carbons (Fsp3) is 0.263. The van der Waals surface area contributed by atoms with Crippen LogP contribution in [-0.4, -0.2) is 31.6 Å². The van der Waals surface area contributed by atoms with Gasteiger partial charge in [0.15, 0.2) is 6.61 Å². The average Bonchev–Trinajstić information content (AvgIpc) is 2.59. The summed E-state index contributed by atoms with van der Waals surface area (Å²) in [6, 6.07) is 15.0. The fourth-order valence-electron chi connectivity index (χ4n) is 2.08. The first-order valence-electron chi connectivity index (χ1n) is 7.89. The van der Waals surface area contributed by atoms with E-state index in [0.29, 0.717) is 13.2 Å². The minimum absolute atomic E-state index is 0.136. The van der Waals surface area contributed by atoms with Gasteiger partial charge in [-0.05, 0) is 42.3 Å². The van der Waals surface area contributed by atoms with Gasteiger partial charge in [0.05, 0.1) is 13.0 Å². The molecule has 2 rings (SSSR count). The van der Waals surface area contributed by atoms with Crippen LogP contribution >= 0.6 is 15.9 Å². The van der Waals surface area contributed by atoms with Gasteiger partial charge in [0.2, 0.25) is 0 Å². The fourth-order valence-corrected chi connectivity index (χ4v) is 2.35. The van der Waals surface area contributed by atoms with E-state index >= 15 is 0 Å². The number of aryl methyl sites for hydroxylation is 1. The predicted octanol–water partition coefficient (Wildman–Crippen LogP) is 3.04. The first-order chi connectivity index (χ1) is 12.0. The van der Waals surface area contributed by atoms with Crippen molar-refractivity contribution in [2.75, 3.05) is 19.8 Å². The summed E-state index contributed by atoms with van der Waals surface area (Å²) < 4.78 is 11.4. The van der Waals surface area contributed by atoms with Gasteiger partial charge in [-0.15, -0.1) is 0 Å². The molecule has 1 amide bonds. The van der Waals surface area contributed by atoms with E-state index in [1.165, 1.54) is 0 Å². The highest BCUT2D eigenvalue weighted by Crippen LogP contribution is 2.12. The Morgan fingerprint density at radius 1 is 1.12 bits per heavy atom. The molecule has 0 saturated carbocycles. The molecule has 25 heavy (non-hydrogen) atoms. The van der Waals surface area contributed by atoms with Crippen molar-refractivity contribution in [2.45, 2.75) is 13.3 Å². The first-order valence-corrected chi connectivity index (χ1v) is 8.68. The van der Waals surface area contributed by atoms with Gasteiger partial charge in [0.25, 0.3) is 5.91 Å². The van der Waals surface area contributed by atoms with Crippen LogP contribution in [0.15, 0.2) is 53.0 Å². The van der Waals surface area contributed by atoms with Crippen molar-refractivity contribution < 1.29 is 19.1 Å². The van der Waals surface area contributed by atoms with Crippen molar-refractivity contribution in [3.05, 3.63) is 64.1 Å². The summed E-state index contributed by atoms with van der Waals surface area (Å²) in [6.07, 6.45) is 0.136. The number of benzene rings is 2. The summed E-state index contributed by atoms with van der Waals surface area (Å²) in [5, 5.41) is 2.65. The molecule has 0 aliphatic heterocycles. The predicted molar refractivity (Wildman–Crippen MR) is 98.5 cm³/mol. The van der Waals surface area contributed by atoms with Crippen LogP contribution in [0.2, 0.25) is 0 Å². The molecule has 0 bridgehead atoms. The molecule has 0 heterocycles. The number of carbonyl (C=O) groups excluding carboxylic acids is 2. The normalized spacial score (nSPS) is 10.2. The van der Waals surface area contributed by atoms with E-state index in [0.717, 1.165) is 21.3 Å². The standard InChI is InChI=1S/C19H20BrNO4/c1-14-3-2-4-17(11-14)24-10-9-21-18(22)13-25-19(23)12-15-5-7-16(20)8-6-15/h2-8,11H,9-10,12-13H2,1H3,(H,21,22). The lowest BCUT2D eigenvalue weighted by Gasteiger charge is -2.09. The number of halogens is 1. The molecule has 0 spiro atoms. The average molecular weight is 406 g/mol. The van der Waals surface area contributed by atoms with E-state index in [9.17, 15) is 9.59 Å². The molecule has 0 radical (unpaired) electrons.